The number of nitrogens with two attached hydrogens (primary N) is 1. The van der Waals surface area contributed by atoms with Gasteiger partial charge in [0.25, 0.3) is 0 Å². The normalized spacial score (nSPS) is 16.1. The van der Waals surface area contributed by atoms with E-state index in [-0.39, 0.29) is 42.7 Å². The van der Waals surface area contributed by atoms with E-state index < -0.39 is 29.9 Å². The highest BCUT2D eigenvalue weighted by atomic mass is 16.6. The Morgan fingerprint density at radius 3 is 2.17 bits per heavy atom. The van der Waals surface area contributed by atoms with Crippen molar-refractivity contribution >= 4 is 17.9 Å². The summed E-state index contributed by atoms with van der Waals surface area (Å²) in [7, 11) is 0. The molecule has 0 bridgehead atoms. The van der Waals surface area contributed by atoms with Crippen LogP contribution >= 0.6 is 0 Å². The molecule has 0 unspecified atom stereocenters. The minimum Gasteiger partial charge on any atom is -0.444 e. The van der Waals surface area contributed by atoms with Gasteiger partial charge in [-0.05, 0) is 58.3 Å². The lowest BCUT2D eigenvalue weighted by molar-refractivity contribution is -0.128. The highest BCUT2D eigenvalue weighted by Crippen LogP contribution is 2.13. The topological polar surface area (TPSA) is 163 Å². The number of hydrogen-bond acceptors (Lipinski definition) is 7. The fourth-order valence-corrected chi connectivity index (χ4v) is 3.49. The van der Waals surface area contributed by atoms with Gasteiger partial charge in [-0.25, -0.2) is 4.79 Å². The van der Waals surface area contributed by atoms with Crippen molar-refractivity contribution in [3.05, 3.63) is 0 Å². The third-order valence-electron chi connectivity index (χ3n) is 5.73. The fraction of sp³-hybridized carbons (Fsp3) is 0.880. The zero-order chi connectivity index (χ0) is 27.2. The van der Waals surface area contributed by atoms with Crippen LogP contribution in [0.3, 0.4) is 0 Å². The molecule has 7 N–H and O–H groups in total. The molecule has 0 heterocycles. The maximum atomic E-state index is 12.6. The number of carbonyl (C=O) groups is 3. The first-order valence-corrected chi connectivity index (χ1v) is 12.8. The summed E-state index contributed by atoms with van der Waals surface area (Å²) >= 11 is 0. The van der Waals surface area contributed by atoms with Gasteiger partial charge in [-0.2, -0.15) is 0 Å². The second-order valence-corrected chi connectivity index (χ2v) is 10.8. The van der Waals surface area contributed by atoms with Gasteiger partial charge in [-0.1, -0.05) is 34.1 Å². The number of nitrogens with one attached hydrogen (secondary N) is 3. The number of aliphatic hydroxyl groups is 2. The number of ether oxygens (including phenoxy) is 1. The van der Waals surface area contributed by atoms with Crippen LogP contribution in [0.1, 0.15) is 87.0 Å². The molecule has 5 atom stereocenters. The average molecular weight is 503 g/mol. The van der Waals surface area contributed by atoms with E-state index in [1.54, 1.807) is 20.8 Å². The Morgan fingerprint density at radius 2 is 1.66 bits per heavy atom. The maximum absolute atomic E-state index is 12.6. The van der Waals surface area contributed by atoms with Gasteiger partial charge >= 0.3 is 6.09 Å². The second-order valence-electron chi connectivity index (χ2n) is 10.8. The van der Waals surface area contributed by atoms with Crippen LogP contribution in [0.15, 0.2) is 0 Å². The van der Waals surface area contributed by atoms with Crippen LogP contribution in [0.2, 0.25) is 0 Å². The van der Waals surface area contributed by atoms with Crippen molar-refractivity contribution in [3.63, 3.8) is 0 Å². The van der Waals surface area contributed by atoms with E-state index in [1.165, 1.54) is 0 Å². The summed E-state index contributed by atoms with van der Waals surface area (Å²) in [5, 5.41) is 28.4. The van der Waals surface area contributed by atoms with Crippen molar-refractivity contribution in [1.29, 1.82) is 0 Å². The largest absolute Gasteiger partial charge is 0.444 e. The molecule has 0 saturated heterocycles. The molecule has 0 aromatic carbocycles. The molecule has 0 aliphatic carbocycles. The summed E-state index contributed by atoms with van der Waals surface area (Å²) in [6, 6.07) is -1.77. The molecule has 0 saturated carbocycles. The predicted octanol–water partition coefficient (Wildman–Crippen LogP) is 1.81. The summed E-state index contributed by atoms with van der Waals surface area (Å²) in [6.45, 7) is 13.5. The third-order valence-corrected chi connectivity index (χ3v) is 5.73. The van der Waals surface area contributed by atoms with E-state index >= 15 is 0 Å². The number of rotatable bonds is 16. The quantitative estimate of drug-likeness (QED) is 0.175. The standard InChI is InChI=1S/C25H50N4O6/c1-8-17(4)20(15-30)28-22(32)14-21(31)19(13-16(2)3)29-23(33)18(26)11-9-10-12-27-24(34)35-25(5,6)7/h16-21,30-31H,8-15,26H2,1-7H3,(H,27,34)(H,28,32)(H,29,33)/t17-,18-,19-,20+,21-/m0/s1. The van der Waals surface area contributed by atoms with Crippen LogP contribution in [0.5, 0.6) is 0 Å². The van der Waals surface area contributed by atoms with Crippen molar-refractivity contribution in [2.45, 2.75) is 117 Å². The summed E-state index contributed by atoms with van der Waals surface area (Å²) in [5.74, 6) is -0.479. The van der Waals surface area contributed by atoms with Gasteiger partial charge in [0, 0.05) is 6.54 Å². The Kier molecular flexibility index (Phi) is 15.8. The van der Waals surface area contributed by atoms with Crippen molar-refractivity contribution in [2.24, 2.45) is 17.6 Å². The highest BCUT2D eigenvalue weighted by molar-refractivity contribution is 5.82. The Hall–Kier alpha value is -1.91. The molecule has 10 heteroatoms. The predicted molar refractivity (Wildman–Crippen MR) is 137 cm³/mol. The van der Waals surface area contributed by atoms with Gasteiger partial charge in [0.15, 0.2) is 0 Å². The molecule has 0 rings (SSSR count). The Morgan fingerprint density at radius 1 is 1.03 bits per heavy atom. The van der Waals surface area contributed by atoms with Crippen molar-refractivity contribution in [2.75, 3.05) is 13.2 Å². The summed E-state index contributed by atoms with van der Waals surface area (Å²) < 4.78 is 5.17. The lowest BCUT2D eigenvalue weighted by atomic mass is 9.95. The van der Waals surface area contributed by atoms with E-state index in [1.807, 2.05) is 27.7 Å². The minimum atomic E-state index is -1.08. The van der Waals surface area contributed by atoms with Gasteiger partial charge in [-0.3, -0.25) is 9.59 Å². The molecule has 0 aromatic heterocycles. The number of hydrogen-bond donors (Lipinski definition) is 6. The molecule has 0 aromatic rings. The van der Waals surface area contributed by atoms with Gasteiger partial charge in [0.2, 0.25) is 11.8 Å². The van der Waals surface area contributed by atoms with Crippen molar-refractivity contribution < 1.29 is 29.3 Å². The summed E-state index contributed by atoms with van der Waals surface area (Å²) in [6.07, 6.45) is 1.22. The SMILES string of the molecule is CC[C@H](C)[C@@H](CO)NC(=O)C[C@H](O)[C@H](CC(C)C)NC(=O)[C@@H](N)CCCCNC(=O)OC(C)(C)C. The molecule has 3 amide bonds. The summed E-state index contributed by atoms with van der Waals surface area (Å²) in [4.78, 5) is 36.7. The molecule has 206 valence electrons. The maximum Gasteiger partial charge on any atom is 0.407 e. The number of amides is 3. The van der Waals surface area contributed by atoms with E-state index in [0.29, 0.717) is 32.2 Å². The molecule has 35 heavy (non-hydrogen) atoms. The van der Waals surface area contributed by atoms with Crippen LogP contribution in [-0.2, 0) is 14.3 Å². The van der Waals surface area contributed by atoms with Gasteiger partial charge in [0.05, 0.1) is 37.3 Å². The monoisotopic (exact) mass is 502 g/mol. The van der Waals surface area contributed by atoms with Crippen molar-refractivity contribution in [3.8, 4) is 0 Å². The molecule has 0 aliphatic rings. The van der Waals surface area contributed by atoms with E-state index in [9.17, 15) is 24.6 Å². The number of alkyl carbamates (subject to hydrolysis) is 1. The Labute approximate surface area is 211 Å². The van der Waals surface area contributed by atoms with Crippen LogP contribution in [-0.4, -0.2) is 71.1 Å². The minimum absolute atomic E-state index is 0.101. The van der Waals surface area contributed by atoms with Crippen LogP contribution < -0.4 is 21.7 Å². The lowest BCUT2D eigenvalue weighted by Gasteiger charge is -2.28. The molecule has 0 fully saturated rings. The zero-order valence-corrected chi connectivity index (χ0v) is 22.7. The van der Waals surface area contributed by atoms with Crippen LogP contribution in [0.4, 0.5) is 4.79 Å². The third kappa shape index (κ3) is 15.6. The van der Waals surface area contributed by atoms with E-state index in [0.717, 1.165) is 6.42 Å². The lowest BCUT2D eigenvalue weighted by Crippen LogP contribution is -2.52. The smallest absolute Gasteiger partial charge is 0.407 e. The molecule has 0 aliphatic heterocycles. The van der Waals surface area contributed by atoms with Gasteiger partial charge in [0.1, 0.15) is 5.60 Å². The number of aliphatic hydroxyl groups excluding tert-OH is 2. The molecular formula is C25H50N4O6. The van der Waals surface area contributed by atoms with Crippen LogP contribution in [0, 0.1) is 11.8 Å². The summed E-state index contributed by atoms with van der Waals surface area (Å²) in [5.41, 5.74) is 5.48. The van der Waals surface area contributed by atoms with Crippen molar-refractivity contribution in [1.82, 2.24) is 16.0 Å². The average Bonchev–Trinajstić information content (AvgIpc) is 2.74. The Balaban J connectivity index is 4.65. The highest BCUT2D eigenvalue weighted by Gasteiger charge is 2.28. The second kappa shape index (κ2) is 16.7. The molecule has 10 nitrogen and oxygen atoms in total. The number of unbranched alkanes of at least 4 members (excludes halogenated alkanes) is 1. The first-order chi connectivity index (χ1) is 16.2. The van der Waals surface area contributed by atoms with Crippen LogP contribution in [0.25, 0.3) is 0 Å². The van der Waals surface area contributed by atoms with E-state index in [4.69, 9.17) is 10.5 Å². The first kappa shape index (κ1) is 33.1. The molecule has 0 radical (unpaired) electrons. The number of carbonyl (C=O) groups excluding carboxylic acids is 3. The van der Waals surface area contributed by atoms with Gasteiger partial charge in [-0.15, -0.1) is 0 Å². The van der Waals surface area contributed by atoms with E-state index in [2.05, 4.69) is 16.0 Å². The molecule has 0 spiro atoms. The molecular weight excluding hydrogens is 452 g/mol. The Bertz CT molecular complexity index is 638. The van der Waals surface area contributed by atoms with Gasteiger partial charge < -0.3 is 36.6 Å². The first-order valence-electron chi connectivity index (χ1n) is 12.8. The zero-order valence-electron chi connectivity index (χ0n) is 22.7. The fourth-order valence-electron chi connectivity index (χ4n) is 3.49.